The predicted molar refractivity (Wildman–Crippen MR) is 66.6 cm³/mol. The molecule has 0 saturated carbocycles. The van der Waals surface area contributed by atoms with Gasteiger partial charge in [0.05, 0.1) is 11.4 Å². The summed E-state index contributed by atoms with van der Waals surface area (Å²) in [7, 11) is 0. The second-order valence-corrected chi connectivity index (χ2v) is 4.64. The molecule has 1 aromatic rings. The van der Waals surface area contributed by atoms with E-state index in [1.54, 1.807) is 0 Å². The van der Waals surface area contributed by atoms with Gasteiger partial charge in [0, 0.05) is 19.6 Å². The van der Waals surface area contributed by atoms with Gasteiger partial charge < -0.3 is 10.2 Å². The predicted octanol–water partition coefficient (Wildman–Crippen LogP) is 2.96. The van der Waals surface area contributed by atoms with Gasteiger partial charge >= 0.3 is 0 Å². The third kappa shape index (κ3) is 2.44. The van der Waals surface area contributed by atoms with E-state index in [-0.39, 0.29) is 0 Å². The number of anilines is 2. The van der Waals surface area contributed by atoms with Crippen LogP contribution in [-0.2, 0) is 0 Å². The van der Waals surface area contributed by atoms with Gasteiger partial charge in [-0.1, -0.05) is 26.0 Å². The zero-order valence-corrected chi connectivity index (χ0v) is 9.66. The van der Waals surface area contributed by atoms with Crippen LogP contribution in [0.4, 0.5) is 11.4 Å². The number of hydrogen-bond acceptors (Lipinski definition) is 2. The highest BCUT2D eigenvalue weighted by Crippen LogP contribution is 2.28. The molecule has 0 saturated heterocycles. The number of fused-ring (bicyclic) bond motifs is 1. The highest BCUT2D eigenvalue weighted by Gasteiger charge is 2.14. The molecular weight excluding hydrogens is 184 g/mol. The first-order chi connectivity index (χ1) is 7.27. The largest absolute Gasteiger partial charge is 0.383 e. The number of benzene rings is 1. The highest BCUT2D eigenvalue weighted by molar-refractivity contribution is 5.70. The Labute approximate surface area is 92.3 Å². The third-order valence-corrected chi connectivity index (χ3v) is 2.75. The molecular formula is C13H20N2. The van der Waals surface area contributed by atoms with Crippen LogP contribution in [0.2, 0.25) is 0 Å². The minimum atomic E-state index is 0.719. The maximum Gasteiger partial charge on any atom is 0.0602 e. The van der Waals surface area contributed by atoms with Crippen LogP contribution < -0.4 is 10.2 Å². The van der Waals surface area contributed by atoms with E-state index in [0.717, 1.165) is 19.0 Å². The molecule has 1 aromatic carbocycles. The van der Waals surface area contributed by atoms with Gasteiger partial charge in [0.1, 0.15) is 0 Å². The van der Waals surface area contributed by atoms with E-state index < -0.39 is 0 Å². The lowest BCUT2D eigenvalue weighted by atomic mass is 10.1. The maximum absolute atomic E-state index is 3.49. The van der Waals surface area contributed by atoms with Crippen molar-refractivity contribution < 1.29 is 0 Å². The fourth-order valence-electron chi connectivity index (χ4n) is 2.14. The Balaban J connectivity index is 2.24. The van der Waals surface area contributed by atoms with Crippen LogP contribution in [0.15, 0.2) is 24.3 Å². The van der Waals surface area contributed by atoms with E-state index in [1.807, 2.05) is 0 Å². The van der Waals surface area contributed by atoms with Crippen molar-refractivity contribution in [2.24, 2.45) is 5.92 Å². The first-order valence-corrected chi connectivity index (χ1v) is 5.85. The summed E-state index contributed by atoms with van der Waals surface area (Å²) < 4.78 is 0. The molecule has 0 fully saturated rings. The summed E-state index contributed by atoms with van der Waals surface area (Å²) in [6, 6.07) is 8.62. The minimum Gasteiger partial charge on any atom is -0.383 e. The molecule has 0 atom stereocenters. The Morgan fingerprint density at radius 1 is 1.33 bits per heavy atom. The lowest BCUT2D eigenvalue weighted by Gasteiger charge is -2.26. The molecule has 1 aliphatic heterocycles. The van der Waals surface area contributed by atoms with Gasteiger partial charge in [0.25, 0.3) is 0 Å². The molecule has 2 heteroatoms. The Bertz CT molecular complexity index is 320. The monoisotopic (exact) mass is 204 g/mol. The zero-order valence-electron chi connectivity index (χ0n) is 9.66. The van der Waals surface area contributed by atoms with Crippen LogP contribution in [0.1, 0.15) is 20.3 Å². The average Bonchev–Trinajstić information content (AvgIpc) is 2.41. The molecule has 0 aliphatic carbocycles. The number of hydrogen-bond donors (Lipinski definition) is 1. The lowest BCUT2D eigenvalue weighted by molar-refractivity contribution is 0.607. The van der Waals surface area contributed by atoms with Crippen molar-refractivity contribution in [3.8, 4) is 0 Å². The first kappa shape index (κ1) is 10.3. The summed E-state index contributed by atoms with van der Waals surface area (Å²) in [5.41, 5.74) is 2.65. The Morgan fingerprint density at radius 3 is 2.93 bits per heavy atom. The molecule has 1 N–H and O–H groups in total. The van der Waals surface area contributed by atoms with Crippen molar-refractivity contribution in [3.63, 3.8) is 0 Å². The highest BCUT2D eigenvalue weighted by atomic mass is 15.2. The van der Waals surface area contributed by atoms with Gasteiger partial charge in [-0.25, -0.2) is 0 Å². The quantitative estimate of drug-likeness (QED) is 0.796. The third-order valence-electron chi connectivity index (χ3n) is 2.75. The number of nitrogens with zero attached hydrogens (tertiary/aromatic N) is 1. The molecule has 2 nitrogen and oxygen atoms in total. The van der Waals surface area contributed by atoms with Gasteiger partial charge in [-0.15, -0.1) is 0 Å². The van der Waals surface area contributed by atoms with Crippen molar-refractivity contribution in [1.29, 1.82) is 0 Å². The van der Waals surface area contributed by atoms with Crippen LogP contribution in [0.25, 0.3) is 0 Å². The number of rotatable bonds is 2. The van der Waals surface area contributed by atoms with Crippen molar-refractivity contribution in [3.05, 3.63) is 24.3 Å². The standard InChI is InChI=1S/C13H20N2/c1-11(2)10-15-9-5-8-14-12-6-3-4-7-13(12)15/h3-4,6-7,11,14H,5,8-10H2,1-2H3. The average molecular weight is 204 g/mol. The SMILES string of the molecule is CC(C)CN1CCCNc2ccccc21. The lowest BCUT2D eigenvalue weighted by Crippen LogP contribution is -2.28. The van der Waals surface area contributed by atoms with Gasteiger partial charge in [-0.2, -0.15) is 0 Å². The molecule has 0 spiro atoms. The minimum absolute atomic E-state index is 0.719. The summed E-state index contributed by atoms with van der Waals surface area (Å²) >= 11 is 0. The van der Waals surface area contributed by atoms with Gasteiger partial charge in [-0.05, 0) is 24.5 Å². The molecule has 2 rings (SSSR count). The molecule has 0 amide bonds. The Morgan fingerprint density at radius 2 is 2.13 bits per heavy atom. The first-order valence-electron chi connectivity index (χ1n) is 5.85. The Kier molecular flexibility index (Phi) is 3.14. The van der Waals surface area contributed by atoms with E-state index in [9.17, 15) is 0 Å². The molecule has 1 heterocycles. The van der Waals surface area contributed by atoms with Crippen LogP contribution in [0, 0.1) is 5.92 Å². The molecule has 82 valence electrons. The van der Waals surface area contributed by atoms with Crippen molar-refractivity contribution in [1.82, 2.24) is 0 Å². The van der Waals surface area contributed by atoms with E-state index >= 15 is 0 Å². The van der Waals surface area contributed by atoms with Crippen molar-refractivity contribution >= 4 is 11.4 Å². The summed E-state index contributed by atoms with van der Waals surface area (Å²) in [6.07, 6.45) is 1.22. The van der Waals surface area contributed by atoms with E-state index in [0.29, 0.717) is 0 Å². The number of para-hydroxylation sites is 2. The van der Waals surface area contributed by atoms with Gasteiger partial charge in [0.2, 0.25) is 0 Å². The van der Waals surface area contributed by atoms with E-state index in [4.69, 9.17) is 0 Å². The second-order valence-electron chi connectivity index (χ2n) is 4.64. The van der Waals surface area contributed by atoms with E-state index in [1.165, 1.54) is 24.3 Å². The van der Waals surface area contributed by atoms with Crippen LogP contribution in [0.5, 0.6) is 0 Å². The maximum atomic E-state index is 3.49. The van der Waals surface area contributed by atoms with Crippen molar-refractivity contribution in [2.75, 3.05) is 29.9 Å². The summed E-state index contributed by atoms with van der Waals surface area (Å²) in [5.74, 6) is 0.719. The summed E-state index contributed by atoms with van der Waals surface area (Å²) in [5, 5.41) is 3.49. The normalized spacial score (nSPS) is 15.8. The smallest absolute Gasteiger partial charge is 0.0602 e. The van der Waals surface area contributed by atoms with Crippen LogP contribution in [0.3, 0.4) is 0 Å². The van der Waals surface area contributed by atoms with Gasteiger partial charge in [-0.3, -0.25) is 0 Å². The fraction of sp³-hybridized carbons (Fsp3) is 0.538. The second kappa shape index (κ2) is 4.56. The topological polar surface area (TPSA) is 15.3 Å². The molecule has 0 aromatic heterocycles. The van der Waals surface area contributed by atoms with E-state index in [2.05, 4.69) is 48.3 Å². The molecule has 15 heavy (non-hydrogen) atoms. The van der Waals surface area contributed by atoms with Gasteiger partial charge in [0.15, 0.2) is 0 Å². The zero-order chi connectivity index (χ0) is 10.7. The Hall–Kier alpha value is -1.18. The molecule has 1 aliphatic rings. The molecule has 0 bridgehead atoms. The van der Waals surface area contributed by atoms with Crippen LogP contribution in [-0.4, -0.2) is 19.6 Å². The van der Waals surface area contributed by atoms with Crippen molar-refractivity contribution in [2.45, 2.75) is 20.3 Å². The number of nitrogens with one attached hydrogen (secondary N) is 1. The summed E-state index contributed by atoms with van der Waals surface area (Å²) in [6.45, 7) is 7.97. The fourth-order valence-corrected chi connectivity index (χ4v) is 2.14. The molecule has 0 unspecified atom stereocenters. The molecule has 0 radical (unpaired) electrons. The summed E-state index contributed by atoms with van der Waals surface area (Å²) in [4.78, 5) is 2.50. The van der Waals surface area contributed by atoms with Crippen LogP contribution >= 0.6 is 0 Å².